The Morgan fingerprint density at radius 1 is 1.53 bits per heavy atom. The average Bonchev–Trinajstić information content (AvgIpc) is 2.94. The highest BCUT2D eigenvalue weighted by Gasteiger charge is 2.23. The number of amides is 1. The summed E-state index contributed by atoms with van der Waals surface area (Å²) in [6, 6.07) is 6.48. The van der Waals surface area contributed by atoms with Gasteiger partial charge in [-0.2, -0.15) is 0 Å². The first kappa shape index (κ1) is 10.7. The number of carbonyl (C=O) groups is 1. The number of carbonyl (C=O) groups excluding carboxylic acids is 1. The van der Waals surface area contributed by atoms with Crippen LogP contribution in [-0.2, 0) is 11.2 Å². The summed E-state index contributed by atoms with van der Waals surface area (Å²) in [5.74, 6) is 0.142. The van der Waals surface area contributed by atoms with Crippen molar-refractivity contribution in [1.29, 1.82) is 0 Å². The molecular formula is C12H14BrNO. The quantitative estimate of drug-likeness (QED) is 0.896. The van der Waals surface area contributed by atoms with Crippen molar-refractivity contribution < 1.29 is 4.79 Å². The van der Waals surface area contributed by atoms with Crippen molar-refractivity contribution >= 4 is 21.8 Å². The standard InChI is InChI=1S/C12H14BrNO/c1-8-6-10(13)3-2-9(8)7-12(15)14-11-4-5-11/h2-3,6,11H,4-5,7H2,1H3,(H,14,15). The third-order valence-corrected chi connectivity index (χ3v) is 3.09. The molecule has 1 aliphatic carbocycles. The van der Waals surface area contributed by atoms with Gasteiger partial charge in [0.2, 0.25) is 5.91 Å². The predicted molar refractivity (Wildman–Crippen MR) is 63.7 cm³/mol. The number of halogens is 1. The van der Waals surface area contributed by atoms with Gasteiger partial charge in [0.05, 0.1) is 6.42 Å². The lowest BCUT2D eigenvalue weighted by Gasteiger charge is -2.06. The molecule has 1 saturated carbocycles. The van der Waals surface area contributed by atoms with Crippen molar-refractivity contribution in [2.24, 2.45) is 0 Å². The predicted octanol–water partition coefficient (Wildman–Crippen LogP) is 2.58. The molecule has 0 unspecified atom stereocenters. The van der Waals surface area contributed by atoms with E-state index in [0.29, 0.717) is 12.5 Å². The summed E-state index contributed by atoms with van der Waals surface area (Å²) in [6.45, 7) is 2.03. The molecule has 1 amide bonds. The molecule has 1 aromatic carbocycles. The molecule has 1 fully saturated rings. The van der Waals surface area contributed by atoms with Crippen LogP contribution >= 0.6 is 15.9 Å². The fourth-order valence-corrected chi connectivity index (χ4v) is 2.01. The van der Waals surface area contributed by atoms with Gasteiger partial charge in [0.1, 0.15) is 0 Å². The van der Waals surface area contributed by atoms with E-state index in [1.165, 1.54) is 0 Å². The van der Waals surface area contributed by atoms with Crippen LogP contribution in [0.15, 0.2) is 22.7 Å². The summed E-state index contributed by atoms with van der Waals surface area (Å²) in [4.78, 5) is 11.6. The van der Waals surface area contributed by atoms with E-state index in [4.69, 9.17) is 0 Å². The van der Waals surface area contributed by atoms with Gasteiger partial charge in [-0.05, 0) is 43.0 Å². The molecule has 15 heavy (non-hydrogen) atoms. The van der Waals surface area contributed by atoms with E-state index in [0.717, 1.165) is 28.4 Å². The van der Waals surface area contributed by atoms with E-state index >= 15 is 0 Å². The Morgan fingerprint density at radius 3 is 2.87 bits per heavy atom. The fourth-order valence-electron chi connectivity index (χ4n) is 1.54. The molecule has 1 aliphatic rings. The highest BCUT2D eigenvalue weighted by atomic mass is 79.9. The summed E-state index contributed by atoms with van der Waals surface area (Å²) in [5, 5.41) is 2.99. The van der Waals surface area contributed by atoms with Gasteiger partial charge < -0.3 is 5.32 Å². The molecule has 0 radical (unpaired) electrons. The van der Waals surface area contributed by atoms with Crippen molar-refractivity contribution in [2.45, 2.75) is 32.2 Å². The normalized spacial score (nSPS) is 15.1. The lowest BCUT2D eigenvalue weighted by molar-refractivity contribution is -0.120. The number of benzene rings is 1. The van der Waals surface area contributed by atoms with Crippen LogP contribution < -0.4 is 5.32 Å². The molecule has 0 heterocycles. The first-order chi connectivity index (χ1) is 7.15. The van der Waals surface area contributed by atoms with Crippen LogP contribution in [0.3, 0.4) is 0 Å². The molecule has 0 aromatic heterocycles. The molecular weight excluding hydrogens is 254 g/mol. The van der Waals surface area contributed by atoms with E-state index in [-0.39, 0.29) is 5.91 Å². The van der Waals surface area contributed by atoms with Gasteiger partial charge in [-0.15, -0.1) is 0 Å². The summed E-state index contributed by atoms with van der Waals surface area (Å²) >= 11 is 3.41. The van der Waals surface area contributed by atoms with Gasteiger partial charge in [0.25, 0.3) is 0 Å². The summed E-state index contributed by atoms with van der Waals surface area (Å²) in [6.07, 6.45) is 2.78. The van der Waals surface area contributed by atoms with Gasteiger partial charge >= 0.3 is 0 Å². The molecule has 2 nitrogen and oxygen atoms in total. The van der Waals surface area contributed by atoms with E-state index in [2.05, 4.69) is 21.2 Å². The zero-order valence-electron chi connectivity index (χ0n) is 8.72. The maximum absolute atomic E-state index is 11.6. The van der Waals surface area contributed by atoms with E-state index in [1.807, 2.05) is 25.1 Å². The van der Waals surface area contributed by atoms with Crippen molar-refractivity contribution in [3.8, 4) is 0 Å². The molecule has 0 aliphatic heterocycles. The monoisotopic (exact) mass is 267 g/mol. The topological polar surface area (TPSA) is 29.1 Å². The minimum absolute atomic E-state index is 0.142. The molecule has 1 N–H and O–H groups in total. The van der Waals surface area contributed by atoms with E-state index in [9.17, 15) is 4.79 Å². The van der Waals surface area contributed by atoms with Crippen molar-refractivity contribution in [2.75, 3.05) is 0 Å². The molecule has 2 rings (SSSR count). The molecule has 3 heteroatoms. The second kappa shape index (κ2) is 4.35. The van der Waals surface area contributed by atoms with Gasteiger partial charge in [0, 0.05) is 10.5 Å². The Morgan fingerprint density at radius 2 is 2.27 bits per heavy atom. The van der Waals surface area contributed by atoms with Crippen LogP contribution in [-0.4, -0.2) is 11.9 Å². The number of hydrogen-bond acceptors (Lipinski definition) is 1. The van der Waals surface area contributed by atoms with Crippen molar-refractivity contribution in [1.82, 2.24) is 5.32 Å². The maximum Gasteiger partial charge on any atom is 0.224 e. The second-order valence-electron chi connectivity index (χ2n) is 4.09. The smallest absolute Gasteiger partial charge is 0.224 e. The molecule has 0 atom stereocenters. The Kier molecular flexibility index (Phi) is 3.10. The SMILES string of the molecule is Cc1cc(Br)ccc1CC(=O)NC1CC1. The van der Waals surface area contributed by atoms with Gasteiger partial charge in [0.15, 0.2) is 0 Å². The van der Waals surface area contributed by atoms with Crippen LogP contribution in [0.4, 0.5) is 0 Å². The summed E-state index contributed by atoms with van der Waals surface area (Å²) in [7, 11) is 0. The van der Waals surface area contributed by atoms with Crippen LogP contribution in [0.1, 0.15) is 24.0 Å². The minimum atomic E-state index is 0.142. The van der Waals surface area contributed by atoms with Gasteiger partial charge in [-0.1, -0.05) is 22.0 Å². The third kappa shape index (κ3) is 3.06. The first-order valence-electron chi connectivity index (χ1n) is 5.19. The van der Waals surface area contributed by atoms with E-state index in [1.54, 1.807) is 0 Å². The fraction of sp³-hybridized carbons (Fsp3) is 0.417. The highest BCUT2D eigenvalue weighted by Crippen LogP contribution is 2.20. The van der Waals surface area contributed by atoms with Crippen molar-refractivity contribution in [3.05, 3.63) is 33.8 Å². The molecule has 0 bridgehead atoms. The number of aryl methyl sites for hydroxylation is 1. The summed E-state index contributed by atoms with van der Waals surface area (Å²) < 4.78 is 1.06. The van der Waals surface area contributed by atoms with E-state index < -0.39 is 0 Å². The average molecular weight is 268 g/mol. The lowest BCUT2D eigenvalue weighted by Crippen LogP contribution is -2.27. The van der Waals surface area contributed by atoms with Crippen LogP contribution in [0.25, 0.3) is 0 Å². The zero-order chi connectivity index (χ0) is 10.8. The minimum Gasteiger partial charge on any atom is -0.353 e. The first-order valence-corrected chi connectivity index (χ1v) is 5.99. The number of hydrogen-bond donors (Lipinski definition) is 1. The van der Waals surface area contributed by atoms with Crippen LogP contribution in [0.5, 0.6) is 0 Å². The zero-order valence-corrected chi connectivity index (χ0v) is 10.3. The van der Waals surface area contributed by atoms with Crippen LogP contribution in [0, 0.1) is 6.92 Å². The van der Waals surface area contributed by atoms with Crippen LogP contribution in [0.2, 0.25) is 0 Å². The second-order valence-corrected chi connectivity index (χ2v) is 5.01. The molecule has 80 valence electrons. The molecule has 0 saturated heterocycles. The molecule has 1 aromatic rings. The Hall–Kier alpha value is -0.830. The van der Waals surface area contributed by atoms with Gasteiger partial charge in [-0.3, -0.25) is 4.79 Å². The molecule has 0 spiro atoms. The summed E-state index contributed by atoms with van der Waals surface area (Å²) in [5.41, 5.74) is 2.27. The highest BCUT2D eigenvalue weighted by molar-refractivity contribution is 9.10. The maximum atomic E-state index is 11.6. The largest absolute Gasteiger partial charge is 0.353 e. The number of rotatable bonds is 3. The van der Waals surface area contributed by atoms with Gasteiger partial charge in [-0.25, -0.2) is 0 Å². The Bertz CT molecular complexity index is 385. The third-order valence-electron chi connectivity index (χ3n) is 2.60. The van der Waals surface area contributed by atoms with Crippen molar-refractivity contribution in [3.63, 3.8) is 0 Å². The lowest BCUT2D eigenvalue weighted by atomic mass is 10.1. The number of nitrogens with one attached hydrogen (secondary N) is 1. The Balaban J connectivity index is 1.99. The Labute approximate surface area is 98.2 Å².